The van der Waals surface area contributed by atoms with Crippen molar-refractivity contribution in [2.75, 3.05) is 13.1 Å². The number of fused-ring (bicyclic) bond motifs is 3. The zero-order valence-corrected chi connectivity index (χ0v) is 20.2. The summed E-state index contributed by atoms with van der Waals surface area (Å²) in [6.07, 6.45) is 1.16. The monoisotopic (exact) mass is 499 g/mol. The largest absolute Gasteiger partial charge is 0.383 e. The van der Waals surface area contributed by atoms with Crippen LogP contribution in [-0.4, -0.2) is 43.5 Å². The lowest BCUT2D eigenvalue weighted by atomic mass is 9.87. The summed E-state index contributed by atoms with van der Waals surface area (Å²) in [5, 5.41) is 12.0. The van der Waals surface area contributed by atoms with Gasteiger partial charge < -0.3 is 14.6 Å². The summed E-state index contributed by atoms with van der Waals surface area (Å²) < 4.78 is 43.4. The van der Waals surface area contributed by atoms with Crippen molar-refractivity contribution >= 4 is 16.8 Å². The molecule has 2 aliphatic rings. The van der Waals surface area contributed by atoms with Crippen LogP contribution in [0.4, 0.5) is 13.2 Å². The Kier molecular flexibility index (Phi) is 6.32. The van der Waals surface area contributed by atoms with Gasteiger partial charge in [0.2, 0.25) is 5.91 Å². The number of hydrogen-bond donors (Lipinski definition) is 1. The predicted molar refractivity (Wildman–Crippen MR) is 127 cm³/mol. The Morgan fingerprint density at radius 1 is 1.19 bits per heavy atom. The molecule has 0 radical (unpaired) electrons. The van der Waals surface area contributed by atoms with E-state index in [-0.39, 0.29) is 11.5 Å². The fourth-order valence-electron chi connectivity index (χ4n) is 5.17. The lowest BCUT2D eigenvalue weighted by Gasteiger charge is -2.37. The molecule has 0 spiro atoms. The number of pyridine rings is 1. The molecule has 1 atom stereocenters. The van der Waals surface area contributed by atoms with E-state index in [0.717, 1.165) is 36.8 Å². The number of hydrogen-bond acceptors (Lipinski definition) is 5. The third kappa shape index (κ3) is 4.27. The first-order valence-corrected chi connectivity index (χ1v) is 12.2. The molecule has 0 unspecified atom stereocenters. The van der Waals surface area contributed by atoms with Gasteiger partial charge in [-0.15, -0.1) is 0 Å². The van der Waals surface area contributed by atoms with E-state index in [1.54, 1.807) is 24.1 Å². The first-order chi connectivity index (χ1) is 17.2. The van der Waals surface area contributed by atoms with Gasteiger partial charge >= 0.3 is 0 Å². The number of nitrogens with zero attached hydrogens (tertiary/aromatic N) is 5. The molecular formula is C26H28F3N5O2. The zero-order valence-electron chi connectivity index (χ0n) is 20.2. The third-order valence-corrected chi connectivity index (χ3v) is 7.32. The number of halogens is 3. The maximum atomic E-state index is 14.8. The van der Waals surface area contributed by atoms with Gasteiger partial charge in [0.1, 0.15) is 17.2 Å². The van der Waals surface area contributed by atoms with Crippen LogP contribution in [0.3, 0.4) is 0 Å². The number of aliphatic hydroxyl groups is 1. The Morgan fingerprint density at radius 3 is 2.61 bits per heavy atom. The molecule has 5 rings (SSSR count). The van der Waals surface area contributed by atoms with Crippen LogP contribution in [0.15, 0.2) is 35.5 Å². The van der Waals surface area contributed by atoms with Crippen molar-refractivity contribution < 1.29 is 23.1 Å². The Labute approximate surface area is 206 Å². The van der Waals surface area contributed by atoms with Gasteiger partial charge in [-0.25, -0.2) is 18.2 Å². The van der Waals surface area contributed by atoms with Crippen LogP contribution in [0.25, 0.3) is 10.9 Å². The summed E-state index contributed by atoms with van der Waals surface area (Å²) in [4.78, 5) is 27.4. The second kappa shape index (κ2) is 9.31. The highest BCUT2D eigenvalue weighted by Gasteiger charge is 2.36. The van der Waals surface area contributed by atoms with Crippen LogP contribution in [-0.2, 0) is 23.4 Å². The second-order valence-corrected chi connectivity index (χ2v) is 9.59. The van der Waals surface area contributed by atoms with E-state index in [4.69, 9.17) is 4.98 Å². The van der Waals surface area contributed by atoms with Crippen molar-refractivity contribution in [1.82, 2.24) is 19.4 Å². The molecule has 0 saturated carbocycles. The lowest BCUT2D eigenvalue weighted by Crippen LogP contribution is -2.44. The molecule has 1 saturated heterocycles. The van der Waals surface area contributed by atoms with E-state index in [1.807, 2.05) is 0 Å². The average Bonchev–Trinajstić information content (AvgIpc) is 3.32. The summed E-state index contributed by atoms with van der Waals surface area (Å²) in [6, 6.07) is 4.95. The number of rotatable bonds is 4. The minimum Gasteiger partial charge on any atom is -0.383 e. The molecule has 190 valence electrons. The van der Waals surface area contributed by atoms with E-state index in [1.165, 1.54) is 19.1 Å². The van der Waals surface area contributed by atoms with Gasteiger partial charge in [0.15, 0.2) is 5.49 Å². The summed E-state index contributed by atoms with van der Waals surface area (Å²) in [5.41, 5.74) is -0.152. The molecular weight excluding hydrogens is 471 g/mol. The van der Waals surface area contributed by atoms with Crippen molar-refractivity contribution in [2.45, 2.75) is 64.1 Å². The summed E-state index contributed by atoms with van der Waals surface area (Å²) >= 11 is 0. The van der Waals surface area contributed by atoms with Crippen LogP contribution in [0.1, 0.15) is 68.2 Å². The number of piperidine rings is 1. The summed E-state index contributed by atoms with van der Waals surface area (Å²) in [6.45, 7) is 4.79. The standard InChI is InChI=1S/C26H28F3N5O2/c1-15(17-5-3-6-18(23(17)27)24(28)29)31-25-19-13-21(26(36)8-11-33(12-9-26)16(2)35)30-14-20(19)34-10-4-7-22(34)32-25/h3,5-6,13-15,24,36H,4,7-12H2,1-2H3/t15-/m1/s1. The van der Waals surface area contributed by atoms with E-state index >= 15 is 0 Å². The van der Waals surface area contributed by atoms with Gasteiger partial charge in [-0.1, -0.05) is 18.2 Å². The molecule has 4 heterocycles. The van der Waals surface area contributed by atoms with Crippen molar-refractivity contribution in [1.29, 1.82) is 0 Å². The SMILES string of the molecule is CC(=O)N1CCC(O)(c2cc3c(=N[C@H](C)c4cccc(C(F)F)c4F)nc4n(c3cn2)CCC4)CC1. The van der Waals surface area contributed by atoms with Gasteiger partial charge in [-0.2, -0.15) is 0 Å². The normalized spacial score (nSPS) is 18.6. The minimum atomic E-state index is -2.92. The molecule has 1 amide bonds. The maximum Gasteiger partial charge on any atom is 0.266 e. The number of likely N-dealkylation sites (tertiary alicyclic amines) is 1. The Hall–Kier alpha value is -3.27. The van der Waals surface area contributed by atoms with Crippen LogP contribution in [0.2, 0.25) is 0 Å². The van der Waals surface area contributed by atoms with Crippen molar-refractivity contribution in [3.63, 3.8) is 0 Å². The van der Waals surface area contributed by atoms with E-state index in [9.17, 15) is 23.1 Å². The van der Waals surface area contributed by atoms with Crippen molar-refractivity contribution in [3.05, 3.63) is 64.4 Å². The third-order valence-electron chi connectivity index (χ3n) is 7.32. The minimum absolute atomic E-state index is 0.0297. The van der Waals surface area contributed by atoms with Gasteiger partial charge in [0, 0.05) is 43.9 Å². The highest BCUT2D eigenvalue weighted by atomic mass is 19.3. The van der Waals surface area contributed by atoms with Gasteiger partial charge in [-0.3, -0.25) is 14.8 Å². The quantitative estimate of drug-likeness (QED) is 0.589. The molecule has 3 aromatic rings. The van der Waals surface area contributed by atoms with E-state index < -0.39 is 29.4 Å². The predicted octanol–water partition coefficient (Wildman–Crippen LogP) is 3.95. The first-order valence-electron chi connectivity index (χ1n) is 12.2. The van der Waals surface area contributed by atoms with Crippen LogP contribution < -0.4 is 5.49 Å². The van der Waals surface area contributed by atoms with Gasteiger partial charge in [-0.05, 0) is 32.3 Å². The first kappa shape index (κ1) is 24.4. The molecule has 7 nitrogen and oxygen atoms in total. The highest BCUT2D eigenvalue weighted by Crippen LogP contribution is 2.33. The Bertz CT molecular complexity index is 1400. The number of aromatic nitrogens is 3. The van der Waals surface area contributed by atoms with Gasteiger partial charge in [0.25, 0.3) is 6.43 Å². The maximum absolute atomic E-state index is 14.8. The fourth-order valence-corrected chi connectivity index (χ4v) is 5.17. The van der Waals surface area contributed by atoms with Crippen molar-refractivity contribution in [3.8, 4) is 0 Å². The highest BCUT2D eigenvalue weighted by molar-refractivity contribution is 5.78. The smallest absolute Gasteiger partial charge is 0.266 e. The van der Waals surface area contributed by atoms with E-state index in [0.29, 0.717) is 42.5 Å². The van der Waals surface area contributed by atoms with E-state index in [2.05, 4.69) is 14.5 Å². The van der Waals surface area contributed by atoms with Crippen LogP contribution >= 0.6 is 0 Å². The molecule has 0 bridgehead atoms. The number of alkyl halides is 2. The molecule has 0 aliphatic carbocycles. The van der Waals surface area contributed by atoms with Crippen molar-refractivity contribution in [2.24, 2.45) is 4.99 Å². The number of benzene rings is 1. The summed E-state index contributed by atoms with van der Waals surface area (Å²) in [7, 11) is 0. The Balaban J connectivity index is 1.61. The lowest BCUT2D eigenvalue weighted by molar-refractivity contribution is -0.133. The number of carbonyl (C=O) groups excluding carboxylic acids is 1. The average molecular weight is 500 g/mol. The molecule has 2 aromatic heterocycles. The topological polar surface area (TPSA) is 83.6 Å². The Morgan fingerprint density at radius 2 is 1.92 bits per heavy atom. The summed E-state index contributed by atoms with van der Waals surface area (Å²) in [5.74, 6) is -0.159. The molecule has 1 fully saturated rings. The fraction of sp³-hybridized carbons (Fsp3) is 0.462. The molecule has 36 heavy (non-hydrogen) atoms. The molecule has 2 aliphatic heterocycles. The molecule has 1 aromatic carbocycles. The number of aryl methyl sites for hydroxylation is 2. The van der Waals surface area contributed by atoms with Gasteiger partial charge in [0.05, 0.1) is 29.0 Å². The second-order valence-electron chi connectivity index (χ2n) is 9.59. The van der Waals surface area contributed by atoms with Crippen LogP contribution in [0, 0.1) is 5.82 Å². The number of amides is 1. The molecule has 10 heteroatoms. The number of carbonyl (C=O) groups is 1. The zero-order chi connectivity index (χ0) is 25.6. The molecule has 1 N–H and O–H groups in total. The van der Waals surface area contributed by atoms with Crippen LogP contribution in [0.5, 0.6) is 0 Å².